The second kappa shape index (κ2) is 7.54. The lowest BCUT2D eigenvalue weighted by molar-refractivity contribution is 0.0846. The van der Waals surface area contributed by atoms with Gasteiger partial charge in [0.2, 0.25) is 0 Å². The summed E-state index contributed by atoms with van der Waals surface area (Å²) in [5, 5.41) is 0. The standard InChI is InChI=1S/C24H20F4O/c25-19-11-9-18(10-12-19)23(16-24(23,27)28)14-4-5-17-8-13-21(26)22(15-17)29-20-6-2-1-3-7-20/h1-3,6-13,15H,4-5,14,16H2. The maximum Gasteiger partial charge on any atom is 0.258 e. The number of benzene rings is 3. The van der Waals surface area contributed by atoms with Crippen molar-refractivity contribution < 1.29 is 22.3 Å². The van der Waals surface area contributed by atoms with Crippen molar-refractivity contribution in [1.82, 2.24) is 0 Å². The molecule has 0 amide bonds. The lowest BCUT2D eigenvalue weighted by atomic mass is 9.89. The van der Waals surface area contributed by atoms with Crippen LogP contribution in [-0.2, 0) is 11.8 Å². The van der Waals surface area contributed by atoms with E-state index in [4.69, 9.17) is 4.74 Å². The van der Waals surface area contributed by atoms with Crippen LogP contribution in [0.2, 0.25) is 0 Å². The first kappa shape index (κ1) is 19.5. The Morgan fingerprint density at radius 1 is 0.862 bits per heavy atom. The smallest absolute Gasteiger partial charge is 0.258 e. The lowest BCUT2D eigenvalue weighted by Crippen LogP contribution is -2.17. The third-order valence-electron chi connectivity index (χ3n) is 5.53. The van der Waals surface area contributed by atoms with Crippen LogP contribution in [-0.4, -0.2) is 5.92 Å². The normalized spacial score (nSPS) is 19.7. The van der Waals surface area contributed by atoms with Crippen molar-refractivity contribution in [3.05, 3.63) is 95.6 Å². The molecule has 0 spiro atoms. The molecule has 0 saturated heterocycles. The first-order valence-electron chi connectivity index (χ1n) is 9.55. The highest BCUT2D eigenvalue weighted by atomic mass is 19.3. The van der Waals surface area contributed by atoms with Crippen LogP contribution in [0, 0.1) is 11.6 Å². The van der Waals surface area contributed by atoms with Crippen LogP contribution in [0.3, 0.4) is 0 Å². The van der Waals surface area contributed by atoms with Crippen molar-refractivity contribution >= 4 is 0 Å². The fourth-order valence-corrected chi connectivity index (χ4v) is 3.82. The number of ether oxygens (including phenoxy) is 1. The highest BCUT2D eigenvalue weighted by molar-refractivity contribution is 5.38. The van der Waals surface area contributed by atoms with Gasteiger partial charge in [-0.3, -0.25) is 0 Å². The Labute approximate surface area is 167 Å². The van der Waals surface area contributed by atoms with Crippen molar-refractivity contribution in [3.63, 3.8) is 0 Å². The molecule has 1 aliphatic carbocycles. The second-order valence-corrected chi connectivity index (χ2v) is 7.50. The number of halogens is 4. The zero-order valence-corrected chi connectivity index (χ0v) is 15.7. The molecule has 0 radical (unpaired) electrons. The molecule has 0 aromatic heterocycles. The Bertz CT molecular complexity index is 986. The summed E-state index contributed by atoms with van der Waals surface area (Å²) >= 11 is 0. The quantitative estimate of drug-likeness (QED) is 0.386. The van der Waals surface area contributed by atoms with Crippen molar-refractivity contribution in [1.29, 1.82) is 0 Å². The monoisotopic (exact) mass is 400 g/mol. The number of hydrogen-bond donors (Lipinski definition) is 0. The molecular formula is C24H20F4O. The molecule has 3 aromatic rings. The van der Waals surface area contributed by atoms with Crippen LogP contribution in [0.1, 0.15) is 30.4 Å². The predicted octanol–water partition coefficient (Wildman–Crippen LogP) is 7.06. The molecule has 29 heavy (non-hydrogen) atoms. The topological polar surface area (TPSA) is 9.23 Å². The summed E-state index contributed by atoms with van der Waals surface area (Å²) in [5.41, 5.74) is 0.0519. The van der Waals surface area contributed by atoms with Gasteiger partial charge in [0.25, 0.3) is 5.92 Å². The lowest BCUT2D eigenvalue weighted by Gasteiger charge is -2.17. The number of hydrogen-bond acceptors (Lipinski definition) is 1. The molecule has 1 saturated carbocycles. The molecule has 4 rings (SSSR count). The van der Waals surface area contributed by atoms with E-state index in [9.17, 15) is 17.6 Å². The summed E-state index contributed by atoms with van der Waals surface area (Å²) in [6.07, 6.45) is 1.07. The number of para-hydroxylation sites is 1. The summed E-state index contributed by atoms with van der Waals surface area (Å²) in [5.74, 6) is -3.07. The van der Waals surface area contributed by atoms with E-state index in [0.29, 0.717) is 24.2 Å². The van der Waals surface area contributed by atoms with E-state index in [-0.39, 0.29) is 18.6 Å². The van der Waals surface area contributed by atoms with Crippen LogP contribution in [0.15, 0.2) is 72.8 Å². The van der Waals surface area contributed by atoms with Gasteiger partial charge in [0.1, 0.15) is 11.6 Å². The third kappa shape index (κ3) is 4.00. The summed E-state index contributed by atoms with van der Waals surface area (Å²) in [4.78, 5) is 0. The SMILES string of the molecule is Fc1ccc(C2(CCCc3ccc(F)c(Oc4ccccc4)c3)CC2(F)F)cc1. The molecule has 1 fully saturated rings. The molecule has 1 nitrogen and oxygen atoms in total. The largest absolute Gasteiger partial charge is 0.454 e. The van der Waals surface area contributed by atoms with Gasteiger partial charge >= 0.3 is 0 Å². The fraction of sp³-hybridized carbons (Fsp3) is 0.250. The molecule has 0 heterocycles. The maximum absolute atomic E-state index is 14.2. The Hall–Kier alpha value is -2.82. The van der Waals surface area contributed by atoms with E-state index in [1.807, 2.05) is 6.07 Å². The first-order chi connectivity index (χ1) is 13.9. The van der Waals surface area contributed by atoms with Crippen LogP contribution in [0.4, 0.5) is 17.6 Å². The number of aryl methyl sites for hydroxylation is 1. The van der Waals surface area contributed by atoms with E-state index in [0.717, 1.165) is 5.56 Å². The van der Waals surface area contributed by atoms with E-state index in [1.54, 1.807) is 36.4 Å². The van der Waals surface area contributed by atoms with E-state index >= 15 is 0 Å². The Morgan fingerprint density at radius 2 is 1.55 bits per heavy atom. The second-order valence-electron chi connectivity index (χ2n) is 7.50. The molecule has 1 aliphatic rings. The highest BCUT2D eigenvalue weighted by Gasteiger charge is 2.70. The fourth-order valence-electron chi connectivity index (χ4n) is 3.82. The maximum atomic E-state index is 14.2. The van der Waals surface area contributed by atoms with Gasteiger partial charge in [0.15, 0.2) is 11.6 Å². The van der Waals surface area contributed by atoms with E-state index in [2.05, 4.69) is 0 Å². The van der Waals surface area contributed by atoms with Crippen LogP contribution < -0.4 is 4.74 Å². The minimum absolute atomic E-state index is 0.110. The zero-order chi connectivity index (χ0) is 20.5. The Kier molecular flexibility index (Phi) is 5.07. The molecule has 0 bridgehead atoms. The molecule has 0 aliphatic heterocycles. The molecule has 1 atom stereocenters. The van der Waals surface area contributed by atoms with Crippen LogP contribution >= 0.6 is 0 Å². The highest BCUT2D eigenvalue weighted by Crippen LogP contribution is 2.64. The van der Waals surface area contributed by atoms with Gasteiger partial charge < -0.3 is 4.74 Å². The van der Waals surface area contributed by atoms with Crippen LogP contribution in [0.5, 0.6) is 11.5 Å². The Morgan fingerprint density at radius 3 is 2.21 bits per heavy atom. The molecule has 1 unspecified atom stereocenters. The first-order valence-corrected chi connectivity index (χ1v) is 9.55. The average Bonchev–Trinajstić information content (AvgIpc) is 3.27. The van der Waals surface area contributed by atoms with Crippen molar-refractivity contribution in [2.24, 2.45) is 0 Å². The summed E-state index contributed by atoms with van der Waals surface area (Å²) in [6.45, 7) is 0. The van der Waals surface area contributed by atoms with Crippen molar-refractivity contribution in [2.45, 2.75) is 37.0 Å². The van der Waals surface area contributed by atoms with Gasteiger partial charge in [-0.25, -0.2) is 17.6 Å². The summed E-state index contributed by atoms with van der Waals surface area (Å²) < 4.78 is 61.1. The molecule has 5 heteroatoms. The minimum Gasteiger partial charge on any atom is -0.454 e. The Balaban J connectivity index is 1.44. The van der Waals surface area contributed by atoms with Crippen LogP contribution in [0.25, 0.3) is 0 Å². The van der Waals surface area contributed by atoms with E-state index < -0.39 is 23.0 Å². The number of alkyl halides is 2. The summed E-state index contributed by atoms with van der Waals surface area (Å²) in [7, 11) is 0. The van der Waals surface area contributed by atoms with E-state index in [1.165, 1.54) is 30.3 Å². The molecular weight excluding hydrogens is 380 g/mol. The molecule has 3 aromatic carbocycles. The van der Waals surface area contributed by atoms with Gasteiger partial charge in [-0.15, -0.1) is 0 Å². The van der Waals surface area contributed by atoms with Gasteiger partial charge in [-0.2, -0.15) is 0 Å². The molecule has 0 N–H and O–H groups in total. The van der Waals surface area contributed by atoms with Gasteiger partial charge in [0.05, 0.1) is 5.41 Å². The minimum atomic E-state index is -2.78. The summed E-state index contributed by atoms with van der Waals surface area (Å²) in [6, 6.07) is 18.8. The zero-order valence-electron chi connectivity index (χ0n) is 15.7. The van der Waals surface area contributed by atoms with Gasteiger partial charge in [0, 0.05) is 6.42 Å². The number of rotatable bonds is 7. The third-order valence-corrected chi connectivity index (χ3v) is 5.53. The van der Waals surface area contributed by atoms with Gasteiger partial charge in [-0.05, 0) is 66.8 Å². The van der Waals surface area contributed by atoms with Gasteiger partial charge in [-0.1, -0.05) is 36.4 Å². The molecule has 150 valence electrons. The van der Waals surface area contributed by atoms with Crippen molar-refractivity contribution in [3.8, 4) is 11.5 Å². The average molecular weight is 400 g/mol. The van der Waals surface area contributed by atoms with Crippen molar-refractivity contribution in [2.75, 3.05) is 0 Å². The predicted molar refractivity (Wildman–Crippen MR) is 103 cm³/mol.